The molecule has 0 bridgehead atoms. The number of rotatable bonds is 6. The van der Waals surface area contributed by atoms with Crippen LogP contribution in [0.3, 0.4) is 0 Å². The van der Waals surface area contributed by atoms with Crippen LogP contribution < -0.4 is 10.9 Å². The number of amides is 1. The zero-order valence-electron chi connectivity index (χ0n) is 18.8. The normalized spacial score (nSPS) is 11.3. The Labute approximate surface area is 203 Å². The van der Waals surface area contributed by atoms with Crippen LogP contribution in [0.4, 0.5) is 5.69 Å². The van der Waals surface area contributed by atoms with E-state index in [1.54, 1.807) is 23.1 Å². The number of aromatic nitrogens is 5. The number of fused-ring (bicyclic) bond motifs is 1. The number of benzene rings is 2. The second-order valence-electron chi connectivity index (χ2n) is 7.78. The highest BCUT2D eigenvalue weighted by molar-refractivity contribution is 7.99. The van der Waals surface area contributed by atoms with Crippen LogP contribution in [0.5, 0.6) is 0 Å². The Morgan fingerprint density at radius 2 is 1.79 bits per heavy atom. The minimum atomic E-state index is -0.276. The SMILES string of the molecule is Cc1c(NC(=O)CSc2nnc(-c3csc4ccccc34)n2C)c(=O)n(-c2ccccc2)n1C. The zero-order valence-corrected chi connectivity index (χ0v) is 20.5. The summed E-state index contributed by atoms with van der Waals surface area (Å²) in [6, 6.07) is 17.5. The molecular formula is C24H22N6O2S2. The van der Waals surface area contributed by atoms with Gasteiger partial charge in [0, 0.05) is 35.1 Å². The molecule has 0 fully saturated rings. The molecule has 1 N–H and O–H groups in total. The molecule has 1 amide bonds. The smallest absolute Gasteiger partial charge is 0.295 e. The molecule has 3 aromatic heterocycles. The molecule has 0 saturated carbocycles. The summed E-state index contributed by atoms with van der Waals surface area (Å²) in [7, 11) is 3.69. The van der Waals surface area contributed by atoms with Gasteiger partial charge in [-0.2, -0.15) is 0 Å². The Morgan fingerprint density at radius 3 is 2.59 bits per heavy atom. The van der Waals surface area contributed by atoms with Crippen molar-refractivity contribution in [2.24, 2.45) is 14.1 Å². The van der Waals surface area contributed by atoms with E-state index in [1.165, 1.54) is 21.1 Å². The fourth-order valence-electron chi connectivity index (χ4n) is 3.84. The van der Waals surface area contributed by atoms with Gasteiger partial charge < -0.3 is 9.88 Å². The van der Waals surface area contributed by atoms with E-state index in [9.17, 15) is 9.59 Å². The van der Waals surface area contributed by atoms with Gasteiger partial charge in [0.25, 0.3) is 5.56 Å². The van der Waals surface area contributed by atoms with Crippen molar-refractivity contribution in [1.29, 1.82) is 0 Å². The third-order valence-corrected chi connectivity index (χ3v) is 7.69. The van der Waals surface area contributed by atoms with Gasteiger partial charge in [0.05, 0.1) is 17.1 Å². The first kappa shape index (κ1) is 22.2. The van der Waals surface area contributed by atoms with E-state index in [-0.39, 0.29) is 22.9 Å². The summed E-state index contributed by atoms with van der Waals surface area (Å²) in [5.41, 5.74) is 2.45. The van der Waals surface area contributed by atoms with Crippen molar-refractivity contribution in [2.75, 3.05) is 11.1 Å². The molecule has 2 aromatic carbocycles. The summed E-state index contributed by atoms with van der Waals surface area (Å²) in [5, 5.41) is 15.3. The number of para-hydroxylation sites is 1. The van der Waals surface area contributed by atoms with Gasteiger partial charge in [-0.1, -0.05) is 48.2 Å². The maximum Gasteiger partial charge on any atom is 0.295 e. The Balaban J connectivity index is 1.32. The first-order valence-corrected chi connectivity index (χ1v) is 12.4. The van der Waals surface area contributed by atoms with Crippen molar-refractivity contribution in [1.82, 2.24) is 24.1 Å². The maximum absolute atomic E-state index is 13.0. The summed E-state index contributed by atoms with van der Waals surface area (Å²) in [6.07, 6.45) is 0. The maximum atomic E-state index is 13.0. The Morgan fingerprint density at radius 1 is 1.06 bits per heavy atom. The minimum Gasteiger partial charge on any atom is -0.319 e. The van der Waals surface area contributed by atoms with Gasteiger partial charge in [0.15, 0.2) is 11.0 Å². The first-order valence-electron chi connectivity index (χ1n) is 10.6. The standard InChI is InChI=1S/C24H22N6O2S2/c1-15-21(23(32)30(29(15)3)16-9-5-4-6-10-16)25-20(31)14-34-24-27-26-22(28(24)2)18-13-33-19-12-8-7-11-17(18)19/h4-13H,14H2,1-3H3,(H,25,31). The molecule has 0 aliphatic rings. The number of carbonyl (C=O) groups excluding carboxylic acids is 1. The summed E-state index contributed by atoms with van der Waals surface area (Å²) < 4.78 is 6.36. The Kier molecular flexibility index (Phi) is 5.84. The highest BCUT2D eigenvalue weighted by Crippen LogP contribution is 2.33. The molecule has 8 nitrogen and oxygen atoms in total. The Bertz CT molecular complexity index is 1560. The predicted octanol–water partition coefficient (Wildman–Crippen LogP) is 4.23. The fourth-order valence-corrected chi connectivity index (χ4v) is 5.49. The number of hydrogen-bond acceptors (Lipinski definition) is 6. The lowest BCUT2D eigenvalue weighted by Crippen LogP contribution is -2.23. The van der Waals surface area contributed by atoms with E-state index >= 15 is 0 Å². The summed E-state index contributed by atoms with van der Waals surface area (Å²) >= 11 is 2.95. The molecule has 0 aliphatic heterocycles. The average molecular weight is 491 g/mol. The molecule has 0 atom stereocenters. The van der Waals surface area contributed by atoms with Gasteiger partial charge in [0.1, 0.15) is 5.69 Å². The van der Waals surface area contributed by atoms with Crippen molar-refractivity contribution in [3.05, 3.63) is 76.0 Å². The molecule has 3 heterocycles. The highest BCUT2D eigenvalue weighted by atomic mass is 32.2. The monoisotopic (exact) mass is 490 g/mol. The minimum absolute atomic E-state index is 0.107. The van der Waals surface area contributed by atoms with Crippen LogP contribution in [0.1, 0.15) is 5.69 Å². The average Bonchev–Trinajstić information content (AvgIpc) is 3.49. The van der Waals surface area contributed by atoms with Crippen LogP contribution in [0.15, 0.2) is 69.9 Å². The van der Waals surface area contributed by atoms with Crippen molar-refractivity contribution < 1.29 is 4.79 Å². The van der Waals surface area contributed by atoms with Crippen molar-refractivity contribution in [3.63, 3.8) is 0 Å². The molecule has 0 saturated heterocycles. The molecule has 0 aliphatic carbocycles. The van der Waals surface area contributed by atoms with E-state index in [4.69, 9.17) is 0 Å². The second kappa shape index (κ2) is 8.96. The van der Waals surface area contributed by atoms with E-state index in [0.717, 1.165) is 22.5 Å². The van der Waals surface area contributed by atoms with Gasteiger partial charge in [-0.05, 0) is 25.1 Å². The van der Waals surface area contributed by atoms with E-state index < -0.39 is 0 Å². The van der Waals surface area contributed by atoms with Gasteiger partial charge >= 0.3 is 0 Å². The van der Waals surface area contributed by atoms with Crippen LogP contribution >= 0.6 is 23.1 Å². The number of anilines is 1. The van der Waals surface area contributed by atoms with Crippen molar-refractivity contribution in [2.45, 2.75) is 12.1 Å². The number of thioether (sulfide) groups is 1. The third kappa shape index (κ3) is 3.84. The molecule has 0 spiro atoms. The third-order valence-electron chi connectivity index (χ3n) is 5.71. The summed E-state index contributed by atoms with van der Waals surface area (Å²) in [6.45, 7) is 1.81. The fraction of sp³-hybridized carbons (Fsp3) is 0.167. The number of carbonyl (C=O) groups is 1. The molecule has 0 radical (unpaired) electrons. The van der Waals surface area contributed by atoms with Crippen molar-refractivity contribution in [3.8, 4) is 17.1 Å². The van der Waals surface area contributed by atoms with Crippen LogP contribution in [0.2, 0.25) is 0 Å². The first-order chi connectivity index (χ1) is 16.5. The Hall–Kier alpha value is -3.63. The number of nitrogens with one attached hydrogen (secondary N) is 1. The van der Waals surface area contributed by atoms with E-state index in [2.05, 4.69) is 33.0 Å². The largest absolute Gasteiger partial charge is 0.319 e. The van der Waals surface area contributed by atoms with Crippen LogP contribution in [-0.4, -0.2) is 35.8 Å². The van der Waals surface area contributed by atoms with Crippen LogP contribution in [-0.2, 0) is 18.9 Å². The number of nitrogens with zero attached hydrogens (tertiary/aromatic N) is 5. The van der Waals surface area contributed by atoms with E-state index in [0.29, 0.717) is 10.9 Å². The lowest BCUT2D eigenvalue weighted by molar-refractivity contribution is -0.113. The molecule has 172 valence electrons. The molecule has 34 heavy (non-hydrogen) atoms. The van der Waals surface area contributed by atoms with Gasteiger partial charge in [0.2, 0.25) is 5.91 Å². The van der Waals surface area contributed by atoms with Crippen LogP contribution in [0, 0.1) is 6.92 Å². The zero-order chi connectivity index (χ0) is 23.8. The lowest BCUT2D eigenvalue weighted by Gasteiger charge is -2.07. The van der Waals surface area contributed by atoms with E-state index in [1.807, 2.05) is 61.0 Å². The van der Waals surface area contributed by atoms with Crippen LogP contribution in [0.25, 0.3) is 27.2 Å². The topological polar surface area (TPSA) is 86.7 Å². The highest BCUT2D eigenvalue weighted by Gasteiger charge is 2.20. The summed E-state index contributed by atoms with van der Waals surface area (Å²) in [4.78, 5) is 25.7. The second-order valence-corrected chi connectivity index (χ2v) is 9.64. The van der Waals surface area contributed by atoms with Crippen molar-refractivity contribution >= 4 is 44.8 Å². The predicted molar refractivity (Wildman–Crippen MR) is 137 cm³/mol. The quantitative estimate of drug-likeness (QED) is 0.360. The van der Waals surface area contributed by atoms with Gasteiger partial charge in [-0.15, -0.1) is 21.5 Å². The molecule has 0 unspecified atom stereocenters. The molecule has 5 rings (SSSR count). The number of hydrogen-bond donors (Lipinski definition) is 1. The summed E-state index contributed by atoms with van der Waals surface area (Å²) in [5.74, 6) is 0.585. The van der Waals surface area contributed by atoms with Gasteiger partial charge in [-0.3, -0.25) is 14.3 Å². The molecular weight excluding hydrogens is 468 g/mol. The molecule has 10 heteroatoms. The van der Waals surface area contributed by atoms with Gasteiger partial charge in [-0.25, -0.2) is 4.68 Å². The molecule has 5 aromatic rings. The lowest BCUT2D eigenvalue weighted by atomic mass is 10.2. The number of thiophene rings is 1.